The van der Waals surface area contributed by atoms with Gasteiger partial charge in [0, 0.05) is 23.5 Å². The predicted octanol–water partition coefficient (Wildman–Crippen LogP) is 2.66. The highest BCUT2D eigenvalue weighted by Gasteiger charge is 2.66. The molecule has 2 bridgehead atoms. The lowest BCUT2D eigenvalue weighted by molar-refractivity contribution is -0.991. The third-order valence-corrected chi connectivity index (χ3v) is 7.42. The molecule has 3 aliphatic carbocycles. The summed E-state index contributed by atoms with van der Waals surface area (Å²) in [7, 11) is 0. The highest BCUT2D eigenvalue weighted by Crippen LogP contribution is 2.64. The Balaban J connectivity index is 1.55. The van der Waals surface area contributed by atoms with Crippen LogP contribution in [-0.4, -0.2) is 17.0 Å². The van der Waals surface area contributed by atoms with Gasteiger partial charge in [-0.15, -0.1) is 0 Å². The monoisotopic (exact) mass is 412 g/mol. The molecule has 0 spiro atoms. The summed E-state index contributed by atoms with van der Waals surface area (Å²) in [4.78, 5) is 28.8. The fourth-order valence-corrected chi connectivity index (χ4v) is 6.16. The maximum atomic E-state index is 13.8. The second-order valence-electron chi connectivity index (χ2n) is 8.72. The summed E-state index contributed by atoms with van der Waals surface area (Å²) in [6.45, 7) is 2.08. The molecule has 6 heteroatoms. The fourth-order valence-electron chi connectivity index (χ4n) is 6.16. The molecule has 0 radical (unpaired) electrons. The number of carbonyl (C=O) groups is 2. The van der Waals surface area contributed by atoms with Crippen molar-refractivity contribution >= 4 is 23.2 Å². The Labute approximate surface area is 178 Å². The van der Waals surface area contributed by atoms with Crippen LogP contribution in [-0.2, 0) is 15.0 Å². The van der Waals surface area contributed by atoms with Crippen molar-refractivity contribution in [3.63, 3.8) is 0 Å². The van der Waals surface area contributed by atoms with Crippen LogP contribution in [0.5, 0.6) is 0 Å². The summed E-state index contributed by atoms with van der Waals surface area (Å²) in [5.74, 6) is -1.55. The van der Waals surface area contributed by atoms with Gasteiger partial charge in [0.2, 0.25) is 11.8 Å². The molecule has 1 unspecified atom stereocenters. The molecule has 1 saturated heterocycles. The van der Waals surface area contributed by atoms with Crippen molar-refractivity contribution in [2.45, 2.75) is 18.3 Å². The number of anilines is 1. The van der Waals surface area contributed by atoms with E-state index in [4.69, 9.17) is 0 Å². The van der Waals surface area contributed by atoms with Crippen LogP contribution in [0.4, 0.5) is 11.4 Å². The summed E-state index contributed by atoms with van der Waals surface area (Å²) in [5.41, 5.74) is 4.41. The first-order valence-corrected chi connectivity index (χ1v) is 10.3. The largest absolute Gasteiger partial charge is 0.595 e. The third kappa shape index (κ3) is 2.16. The zero-order valence-electron chi connectivity index (χ0n) is 16.8. The summed E-state index contributed by atoms with van der Waals surface area (Å²) < 4.78 is 0. The van der Waals surface area contributed by atoms with E-state index in [1.807, 2.05) is 24.3 Å². The summed E-state index contributed by atoms with van der Waals surface area (Å²) in [6, 6.07) is 22.2. The number of hydrogen-bond acceptors (Lipinski definition) is 4. The van der Waals surface area contributed by atoms with Gasteiger partial charge in [-0.2, -0.15) is 5.23 Å². The Kier molecular flexibility index (Phi) is 3.63. The van der Waals surface area contributed by atoms with E-state index in [1.165, 1.54) is 17.0 Å². The van der Waals surface area contributed by atoms with E-state index in [9.17, 15) is 20.0 Å². The molecule has 3 atom stereocenters. The Bertz CT molecular complexity index is 1200. The zero-order valence-corrected chi connectivity index (χ0v) is 16.8. The van der Waals surface area contributed by atoms with E-state index in [1.54, 1.807) is 12.1 Å². The number of imide groups is 1. The minimum atomic E-state index is -1.05. The highest BCUT2D eigenvalue weighted by atomic mass is 16.8. The van der Waals surface area contributed by atoms with Crippen LogP contribution in [0.3, 0.4) is 0 Å². The minimum absolute atomic E-state index is 0.118. The van der Waals surface area contributed by atoms with Gasteiger partial charge >= 0.3 is 0 Å². The van der Waals surface area contributed by atoms with Gasteiger partial charge in [0.05, 0.1) is 17.5 Å². The molecule has 4 aliphatic rings. The highest BCUT2D eigenvalue weighted by molar-refractivity contribution is 6.23. The Morgan fingerprint density at radius 3 is 1.97 bits per heavy atom. The number of benzene rings is 3. The van der Waals surface area contributed by atoms with E-state index in [2.05, 4.69) is 31.2 Å². The van der Waals surface area contributed by atoms with Gasteiger partial charge in [-0.3, -0.25) is 9.59 Å². The molecular formula is C25H20N2O4. The van der Waals surface area contributed by atoms with E-state index >= 15 is 0 Å². The van der Waals surface area contributed by atoms with Crippen LogP contribution in [0, 0.1) is 17.0 Å². The molecule has 3 aromatic rings. The third-order valence-electron chi connectivity index (χ3n) is 7.42. The first kappa shape index (κ1) is 18.4. The SMILES string of the molecule is CC12c3ccccc3C(c3ccccc31)[C@@H]1C(=O)N(c3ccc([NH+]([O-])O)cc3)C(=O)[C@H]12. The van der Waals surface area contributed by atoms with Gasteiger partial charge in [0.15, 0.2) is 5.69 Å². The number of nitrogens with one attached hydrogen (secondary N) is 1. The predicted molar refractivity (Wildman–Crippen MR) is 113 cm³/mol. The van der Waals surface area contributed by atoms with Crippen molar-refractivity contribution in [3.8, 4) is 0 Å². The number of nitrogens with zero attached hydrogens (tertiary/aromatic N) is 1. The second-order valence-corrected chi connectivity index (χ2v) is 8.72. The van der Waals surface area contributed by atoms with Crippen molar-refractivity contribution in [1.29, 1.82) is 0 Å². The van der Waals surface area contributed by atoms with Crippen molar-refractivity contribution in [2.24, 2.45) is 11.8 Å². The van der Waals surface area contributed by atoms with E-state index < -0.39 is 22.5 Å². The van der Waals surface area contributed by atoms with Gasteiger partial charge in [0.1, 0.15) is 0 Å². The van der Waals surface area contributed by atoms with Gasteiger partial charge < -0.3 is 5.21 Å². The van der Waals surface area contributed by atoms with E-state index in [0.717, 1.165) is 22.3 Å². The van der Waals surface area contributed by atoms with Crippen molar-refractivity contribution in [3.05, 3.63) is 100 Å². The molecule has 3 aromatic carbocycles. The number of quaternary nitrogens is 1. The molecule has 1 fully saturated rings. The normalized spacial score (nSPS) is 28.9. The van der Waals surface area contributed by atoms with Crippen molar-refractivity contribution in [2.75, 3.05) is 4.90 Å². The lowest BCUT2D eigenvalue weighted by Crippen LogP contribution is -2.99. The summed E-state index contributed by atoms with van der Waals surface area (Å²) in [5, 5.41) is 19.3. The average molecular weight is 412 g/mol. The molecule has 31 heavy (non-hydrogen) atoms. The molecule has 1 heterocycles. The molecule has 2 N–H and O–H groups in total. The Morgan fingerprint density at radius 2 is 1.42 bits per heavy atom. The Hall–Kier alpha value is -3.32. The van der Waals surface area contributed by atoms with Crippen LogP contribution in [0.1, 0.15) is 35.1 Å². The first-order chi connectivity index (χ1) is 14.9. The first-order valence-electron chi connectivity index (χ1n) is 10.3. The van der Waals surface area contributed by atoms with Crippen LogP contribution in [0.2, 0.25) is 0 Å². The Morgan fingerprint density at radius 1 is 0.871 bits per heavy atom. The summed E-state index contributed by atoms with van der Waals surface area (Å²) in [6.07, 6.45) is 0. The number of carbonyl (C=O) groups excluding carboxylic acids is 2. The van der Waals surface area contributed by atoms with Crippen molar-refractivity contribution in [1.82, 2.24) is 0 Å². The number of hydrogen-bond donors (Lipinski definition) is 2. The second kappa shape index (κ2) is 6.11. The molecular weight excluding hydrogens is 392 g/mol. The van der Waals surface area contributed by atoms with Crippen LogP contribution in [0.15, 0.2) is 72.8 Å². The molecule has 6 nitrogen and oxygen atoms in total. The lowest BCUT2D eigenvalue weighted by Gasteiger charge is -2.52. The van der Waals surface area contributed by atoms with Gasteiger partial charge in [-0.25, -0.2) is 10.1 Å². The summed E-state index contributed by atoms with van der Waals surface area (Å²) >= 11 is 0. The smallest absolute Gasteiger partial charge is 0.238 e. The number of amides is 2. The lowest BCUT2D eigenvalue weighted by atomic mass is 9.48. The topological polar surface area (TPSA) is 85.1 Å². The van der Waals surface area contributed by atoms with Gasteiger partial charge in [-0.1, -0.05) is 55.5 Å². The molecule has 0 saturated carbocycles. The molecule has 154 valence electrons. The molecule has 1 aliphatic heterocycles. The average Bonchev–Trinajstić information content (AvgIpc) is 3.06. The molecule has 0 aromatic heterocycles. The zero-order chi connectivity index (χ0) is 21.5. The van der Waals surface area contributed by atoms with Gasteiger partial charge in [0.25, 0.3) is 0 Å². The molecule has 7 rings (SSSR count). The minimum Gasteiger partial charge on any atom is -0.595 e. The van der Waals surface area contributed by atoms with E-state index in [-0.39, 0.29) is 23.4 Å². The van der Waals surface area contributed by atoms with Gasteiger partial charge in [-0.05, 0) is 34.4 Å². The van der Waals surface area contributed by atoms with Crippen LogP contribution in [0.25, 0.3) is 0 Å². The van der Waals surface area contributed by atoms with Crippen molar-refractivity contribution < 1.29 is 20.0 Å². The quantitative estimate of drug-likeness (QED) is 0.501. The standard InChI is InChI=1S/C25H20N2O4/c1-25-18-8-4-2-6-16(18)20(17-7-3-5-9-19(17)25)21-22(25)24(29)26(23(21)28)14-10-12-15(13-11-14)27(30)31/h2-13,20-22,27,30H,1H3/t20?,21-,22-,25?/m0/s1. The van der Waals surface area contributed by atoms with Crippen LogP contribution >= 0.6 is 0 Å². The number of rotatable bonds is 2. The maximum Gasteiger partial charge on any atom is 0.238 e. The van der Waals surface area contributed by atoms with E-state index in [0.29, 0.717) is 5.69 Å². The van der Waals surface area contributed by atoms with Crippen LogP contribution < -0.4 is 10.1 Å². The molecule has 2 amide bonds. The maximum absolute atomic E-state index is 13.8. The fraction of sp³-hybridized carbons (Fsp3) is 0.200.